The molecule has 0 spiro atoms. The summed E-state index contributed by atoms with van der Waals surface area (Å²) in [6.07, 6.45) is 13.2. The Kier molecular flexibility index (Phi) is 7.04. The van der Waals surface area contributed by atoms with Gasteiger partial charge in [0.05, 0.1) is 0 Å². The van der Waals surface area contributed by atoms with Gasteiger partial charge in [-0.1, -0.05) is 25.3 Å². The van der Waals surface area contributed by atoms with Gasteiger partial charge in [-0.25, -0.2) is 0 Å². The third kappa shape index (κ3) is 5.55. The molecule has 1 aromatic heterocycles. The number of nitrogens with one attached hydrogen (secondary N) is 2. The van der Waals surface area contributed by atoms with Crippen LogP contribution in [-0.4, -0.2) is 23.3 Å². The Morgan fingerprint density at radius 3 is 2.31 bits per heavy atom. The Balaban J connectivity index is 1.33. The summed E-state index contributed by atoms with van der Waals surface area (Å²) >= 11 is 0. The van der Waals surface area contributed by atoms with Gasteiger partial charge in [0.25, 0.3) is 0 Å². The van der Waals surface area contributed by atoms with Crippen molar-refractivity contribution in [3.8, 4) is 0 Å². The lowest BCUT2D eigenvalue weighted by Crippen LogP contribution is -2.38. The Hall–Kier alpha value is -1.91. The average Bonchev–Trinajstić information content (AvgIpc) is 2.72. The summed E-state index contributed by atoms with van der Waals surface area (Å²) in [5, 5.41) is 6.19. The van der Waals surface area contributed by atoms with Crippen LogP contribution in [0.1, 0.15) is 63.4 Å². The number of nitrogens with zero attached hydrogens (tertiary/aromatic N) is 1. The molecule has 0 radical (unpaired) electrons. The number of carbonyl (C=O) groups is 2. The van der Waals surface area contributed by atoms with Gasteiger partial charge in [-0.2, -0.15) is 0 Å². The molecular weight excluding hydrogens is 326 g/mol. The zero-order chi connectivity index (χ0) is 18.2. The standard InChI is InChI=1S/C21H31N3O2/c25-20(18-6-2-1-3-7-18)23-14-16-8-10-19(11-9-16)21(26)24-15-17-5-4-12-22-13-17/h4-5,12-13,16,18-19H,1-3,6-11,14-15H2,(H,23,25)(H,24,26). The van der Waals surface area contributed by atoms with E-state index in [1.54, 1.807) is 12.4 Å². The monoisotopic (exact) mass is 357 g/mol. The minimum absolute atomic E-state index is 0.108. The van der Waals surface area contributed by atoms with Crippen LogP contribution in [0, 0.1) is 17.8 Å². The minimum atomic E-state index is 0.108. The van der Waals surface area contributed by atoms with E-state index in [-0.39, 0.29) is 23.7 Å². The fourth-order valence-corrected chi connectivity index (χ4v) is 4.22. The number of hydrogen-bond acceptors (Lipinski definition) is 3. The zero-order valence-corrected chi connectivity index (χ0v) is 15.6. The minimum Gasteiger partial charge on any atom is -0.356 e. The van der Waals surface area contributed by atoms with Crippen LogP contribution in [0.2, 0.25) is 0 Å². The first-order valence-electron chi connectivity index (χ1n) is 10.2. The Labute approximate surface area is 156 Å². The predicted octanol–water partition coefficient (Wildman–Crippen LogP) is 3.20. The number of pyridine rings is 1. The summed E-state index contributed by atoms with van der Waals surface area (Å²) in [5.41, 5.74) is 1.03. The first kappa shape index (κ1) is 18.9. The topological polar surface area (TPSA) is 71.1 Å². The van der Waals surface area contributed by atoms with Crippen molar-refractivity contribution in [2.45, 2.75) is 64.3 Å². The highest BCUT2D eigenvalue weighted by Gasteiger charge is 2.27. The largest absolute Gasteiger partial charge is 0.356 e. The zero-order valence-electron chi connectivity index (χ0n) is 15.6. The summed E-state index contributed by atoms with van der Waals surface area (Å²) in [4.78, 5) is 28.7. The molecule has 2 aliphatic carbocycles. The molecule has 1 aromatic rings. The molecule has 0 aromatic carbocycles. The van der Waals surface area contributed by atoms with Gasteiger partial charge in [-0.05, 0) is 56.1 Å². The third-order valence-electron chi connectivity index (χ3n) is 5.95. The highest BCUT2D eigenvalue weighted by molar-refractivity contribution is 5.79. The summed E-state index contributed by atoms with van der Waals surface area (Å²) in [6, 6.07) is 3.85. The number of amides is 2. The number of carbonyl (C=O) groups excluding carboxylic acids is 2. The molecule has 2 fully saturated rings. The van der Waals surface area contributed by atoms with Gasteiger partial charge in [-0.3, -0.25) is 14.6 Å². The highest BCUT2D eigenvalue weighted by atomic mass is 16.2. The second-order valence-electron chi connectivity index (χ2n) is 7.88. The van der Waals surface area contributed by atoms with Crippen molar-refractivity contribution in [2.75, 3.05) is 6.54 Å². The molecule has 3 rings (SSSR count). The van der Waals surface area contributed by atoms with E-state index in [0.29, 0.717) is 12.5 Å². The Bertz CT molecular complexity index is 576. The van der Waals surface area contributed by atoms with E-state index in [9.17, 15) is 9.59 Å². The molecule has 5 heteroatoms. The molecule has 0 saturated heterocycles. The van der Waals surface area contributed by atoms with E-state index in [1.807, 2.05) is 12.1 Å². The molecule has 26 heavy (non-hydrogen) atoms. The first-order chi connectivity index (χ1) is 12.7. The maximum Gasteiger partial charge on any atom is 0.223 e. The molecule has 2 N–H and O–H groups in total. The van der Waals surface area contributed by atoms with Gasteiger partial charge in [0.2, 0.25) is 11.8 Å². The second-order valence-corrected chi connectivity index (χ2v) is 7.88. The molecule has 5 nitrogen and oxygen atoms in total. The molecule has 142 valence electrons. The van der Waals surface area contributed by atoms with E-state index in [4.69, 9.17) is 0 Å². The molecule has 2 saturated carbocycles. The van der Waals surface area contributed by atoms with Crippen molar-refractivity contribution in [2.24, 2.45) is 17.8 Å². The molecule has 2 amide bonds. The molecule has 0 atom stereocenters. The number of aromatic nitrogens is 1. The summed E-state index contributed by atoms with van der Waals surface area (Å²) in [7, 11) is 0. The van der Waals surface area contributed by atoms with Gasteiger partial charge in [0.15, 0.2) is 0 Å². The number of rotatable bonds is 6. The van der Waals surface area contributed by atoms with Crippen molar-refractivity contribution in [3.63, 3.8) is 0 Å². The van der Waals surface area contributed by atoms with Crippen LogP contribution in [0.25, 0.3) is 0 Å². The molecule has 0 bridgehead atoms. The van der Waals surface area contributed by atoms with Gasteiger partial charge in [0.1, 0.15) is 0 Å². The third-order valence-corrected chi connectivity index (χ3v) is 5.95. The molecule has 2 aliphatic rings. The van der Waals surface area contributed by atoms with Crippen molar-refractivity contribution in [3.05, 3.63) is 30.1 Å². The molecule has 0 unspecified atom stereocenters. The molecule has 0 aliphatic heterocycles. The normalized spacial score (nSPS) is 24.0. The van der Waals surface area contributed by atoms with E-state index in [1.165, 1.54) is 19.3 Å². The lowest BCUT2D eigenvalue weighted by Gasteiger charge is -2.29. The van der Waals surface area contributed by atoms with Crippen LogP contribution < -0.4 is 10.6 Å². The average molecular weight is 357 g/mol. The number of hydrogen-bond donors (Lipinski definition) is 2. The molecular formula is C21H31N3O2. The maximum atomic E-state index is 12.3. The van der Waals surface area contributed by atoms with Gasteiger partial charge in [-0.15, -0.1) is 0 Å². The summed E-state index contributed by atoms with van der Waals surface area (Å²) < 4.78 is 0. The van der Waals surface area contributed by atoms with Crippen molar-refractivity contribution in [1.29, 1.82) is 0 Å². The van der Waals surface area contributed by atoms with Gasteiger partial charge < -0.3 is 10.6 Å². The smallest absolute Gasteiger partial charge is 0.223 e. The van der Waals surface area contributed by atoms with E-state index in [2.05, 4.69) is 15.6 Å². The van der Waals surface area contributed by atoms with Crippen molar-refractivity contribution >= 4 is 11.8 Å². The fraction of sp³-hybridized carbons (Fsp3) is 0.667. The Morgan fingerprint density at radius 1 is 0.923 bits per heavy atom. The van der Waals surface area contributed by atoms with Crippen LogP contribution in [0.4, 0.5) is 0 Å². The summed E-state index contributed by atoms with van der Waals surface area (Å²) in [5.74, 6) is 1.26. The second kappa shape index (κ2) is 9.70. The quantitative estimate of drug-likeness (QED) is 0.821. The van der Waals surface area contributed by atoms with Crippen LogP contribution in [0.15, 0.2) is 24.5 Å². The van der Waals surface area contributed by atoms with Crippen molar-refractivity contribution < 1.29 is 9.59 Å². The summed E-state index contributed by atoms with van der Waals surface area (Å²) in [6.45, 7) is 1.32. The fourth-order valence-electron chi connectivity index (χ4n) is 4.22. The SMILES string of the molecule is O=C(NCc1cccnc1)C1CCC(CNC(=O)C2CCCCC2)CC1. The highest BCUT2D eigenvalue weighted by Crippen LogP contribution is 2.29. The molecule has 1 heterocycles. The lowest BCUT2D eigenvalue weighted by molar-refractivity contribution is -0.127. The van der Waals surface area contributed by atoms with E-state index >= 15 is 0 Å². The van der Waals surface area contributed by atoms with Gasteiger partial charge >= 0.3 is 0 Å². The van der Waals surface area contributed by atoms with Crippen LogP contribution in [0.5, 0.6) is 0 Å². The van der Waals surface area contributed by atoms with Gasteiger partial charge in [0, 0.05) is 37.3 Å². The predicted molar refractivity (Wildman–Crippen MR) is 101 cm³/mol. The maximum absolute atomic E-state index is 12.3. The van der Waals surface area contributed by atoms with Crippen LogP contribution >= 0.6 is 0 Å². The van der Waals surface area contributed by atoms with Crippen molar-refractivity contribution in [1.82, 2.24) is 15.6 Å². The van der Waals surface area contributed by atoms with Crippen LogP contribution in [-0.2, 0) is 16.1 Å². The Morgan fingerprint density at radius 2 is 1.62 bits per heavy atom. The first-order valence-corrected chi connectivity index (χ1v) is 10.2. The van der Waals surface area contributed by atoms with E-state index in [0.717, 1.165) is 50.6 Å². The lowest BCUT2D eigenvalue weighted by atomic mass is 9.81. The van der Waals surface area contributed by atoms with Crippen LogP contribution in [0.3, 0.4) is 0 Å². The van der Waals surface area contributed by atoms with E-state index < -0.39 is 0 Å².